The third-order valence-electron chi connectivity index (χ3n) is 4.37. The zero-order chi connectivity index (χ0) is 14.6. The van der Waals surface area contributed by atoms with Crippen LogP contribution in [0.4, 0.5) is 0 Å². The minimum atomic E-state index is 0.236. The summed E-state index contributed by atoms with van der Waals surface area (Å²) in [6.45, 7) is 7.96. The van der Waals surface area contributed by atoms with Crippen LogP contribution in [0.15, 0.2) is 28.7 Å². The SMILES string of the molecule is CC(C)(C)NCC1CCCCC1Cc1ccc(Br)cc1. The van der Waals surface area contributed by atoms with Crippen molar-refractivity contribution in [3.8, 4) is 0 Å². The molecule has 1 saturated carbocycles. The lowest BCUT2D eigenvalue weighted by atomic mass is 9.76. The molecule has 0 aromatic heterocycles. The first-order valence-corrected chi connectivity index (χ1v) is 8.73. The van der Waals surface area contributed by atoms with Gasteiger partial charge in [0.15, 0.2) is 0 Å². The van der Waals surface area contributed by atoms with Crippen LogP contribution in [0.5, 0.6) is 0 Å². The van der Waals surface area contributed by atoms with E-state index >= 15 is 0 Å². The van der Waals surface area contributed by atoms with Crippen molar-refractivity contribution in [3.63, 3.8) is 0 Å². The number of benzene rings is 1. The van der Waals surface area contributed by atoms with Gasteiger partial charge in [-0.15, -0.1) is 0 Å². The van der Waals surface area contributed by atoms with Gasteiger partial charge in [0.2, 0.25) is 0 Å². The van der Waals surface area contributed by atoms with Gasteiger partial charge in [-0.3, -0.25) is 0 Å². The molecule has 0 amide bonds. The Morgan fingerprint density at radius 2 is 1.65 bits per heavy atom. The predicted octanol–water partition coefficient (Wildman–Crippen LogP) is 5.19. The van der Waals surface area contributed by atoms with E-state index in [4.69, 9.17) is 0 Å². The minimum absolute atomic E-state index is 0.236. The summed E-state index contributed by atoms with van der Waals surface area (Å²) in [5.41, 5.74) is 1.72. The molecule has 2 rings (SSSR count). The van der Waals surface area contributed by atoms with E-state index < -0.39 is 0 Å². The molecule has 0 saturated heterocycles. The lowest BCUT2D eigenvalue weighted by Crippen LogP contribution is -2.41. The van der Waals surface area contributed by atoms with E-state index in [2.05, 4.69) is 66.3 Å². The summed E-state index contributed by atoms with van der Waals surface area (Å²) < 4.78 is 1.18. The number of rotatable bonds is 4. The summed E-state index contributed by atoms with van der Waals surface area (Å²) in [5.74, 6) is 1.69. The molecule has 1 aromatic carbocycles. The van der Waals surface area contributed by atoms with Gasteiger partial charge >= 0.3 is 0 Å². The van der Waals surface area contributed by atoms with Crippen LogP contribution in [-0.2, 0) is 6.42 Å². The summed E-state index contributed by atoms with van der Waals surface area (Å²) in [5, 5.41) is 3.71. The second kappa shape index (κ2) is 7.09. The Labute approximate surface area is 132 Å². The Kier molecular flexibility index (Phi) is 5.68. The van der Waals surface area contributed by atoms with Crippen LogP contribution in [0, 0.1) is 11.8 Å². The van der Waals surface area contributed by atoms with E-state index in [0.29, 0.717) is 0 Å². The molecule has 0 spiro atoms. The van der Waals surface area contributed by atoms with Gasteiger partial charge in [-0.2, -0.15) is 0 Å². The first-order chi connectivity index (χ1) is 9.44. The molecule has 1 aliphatic carbocycles. The summed E-state index contributed by atoms with van der Waals surface area (Å²) in [6.07, 6.45) is 6.85. The van der Waals surface area contributed by atoms with Crippen LogP contribution in [0.25, 0.3) is 0 Å². The van der Waals surface area contributed by atoms with Gasteiger partial charge in [0, 0.05) is 10.0 Å². The Hall–Kier alpha value is -0.340. The summed E-state index contributed by atoms with van der Waals surface area (Å²) in [4.78, 5) is 0. The third-order valence-corrected chi connectivity index (χ3v) is 4.90. The average molecular weight is 338 g/mol. The maximum Gasteiger partial charge on any atom is 0.0175 e. The monoisotopic (exact) mass is 337 g/mol. The molecule has 2 heteroatoms. The van der Waals surface area contributed by atoms with Crippen molar-refractivity contribution in [1.82, 2.24) is 5.32 Å². The van der Waals surface area contributed by atoms with Gasteiger partial charge in [-0.1, -0.05) is 40.9 Å². The minimum Gasteiger partial charge on any atom is -0.312 e. The second-order valence-corrected chi connectivity index (χ2v) is 8.18. The molecular weight excluding hydrogens is 310 g/mol. The van der Waals surface area contributed by atoms with E-state index in [-0.39, 0.29) is 5.54 Å². The fraction of sp³-hybridized carbons (Fsp3) is 0.667. The van der Waals surface area contributed by atoms with Crippen LogP contribution in [0.2, 0.25) is 0 Å². The smallest absolute Gasteiger partial charge is 0.0175 e. The Morgan fingerprint density at radius 3 is 2.25 bits per heavy atom. The maximum atomic E-state index is 3.71. The number of halogens is 1. The van der Waals surface area contributed by atoms with E-state index in [1.807, 2.05) is 0 Å². The first kappa shape index (κ1) is 16.0. The molecule has 2 atom stereocenters. The second-order valence-electron chi connectivity index (χ2n) is 7.27. The topological polar surface area (TPSA) is 12.0 Å². The molecule has 0 aliphatic heterocycles. The lowest BCUT2D eigenvalue weighted by molar-refractivity contribution is 0.213. The van der Waals surface area contributed by atoms with Gasteiger partial charge in [-0.05, 0) is 76.1 Å². The quantitative estimate of drug-likeness (QED) is 0.797. The zero-order valence-corrected chi connectivity index (χ0v) is 14.7. The van der Waals surface area contributed by atoms with Crippen LogP contribution in [-0.4, -0.2) is 12.1 Å². The maximum absolute atomic E-state index is 3.71. The van der Waals surface area contributed by atoms with Crippen molar-refractivity contribution < 1.29 is 0 Å². The van der Waals surface area contributed by atoms with Crippen molar-refractivity contribution in [3.05, 3.63) is 34.3 Å². The van der Waals surface area contributed by atoms with Crippen LogP contribution in [0.1, 0.15) is 52.0 Å². The van der Waals surface area contributed by atoms with E-state index in [0.717, 1.165) is 11.8 Å². The van der Waals surface area contributed by atoms with Crippen molar-refractivity contribution in [2.24, 2.45) is 11.8 Å². The van der Waals surface area contributed by atoms with Gasteiger partial charge in [0.25, 0.3) is 0 Å². The molecule has 1 aromatic rings. The zero-order valence-electron chi connectivity index (χ0n) is 13.1. The molecule has 1 nitrogen and oxygen atoms in total. The Balaban J connectivity index is 1.94. The van der Waals surface area contributed by atoms with E-state index in [9.17, 15) is 0 Å². The predicted molar refractivity (Wildman–Crippen MR) is 91.0 cm³/mol. The normalized spacial score (nSPS) is 23.8. The largest absolute Gasteiger partial charge is 0.312 e. The summed E-state index contributed by atoms with van der Waals surface area (Å²) in [6, 6.07) is 8.88. The molecule has 2 unspecified atom stereocenters. The Bertz CT molecular complexity index is 404. The first-order valence-electron chi connectivity index (χ1n) is 7.93. The average Bonchev–Trinajstić information content (AvgIpc) is 2.39. The van der Waals surface area contributed by atoms with E-state index in [1.165, 1.54) is 48.7 Å². The highest BCUT2D eigenvalue weighted by Crippen LogP contribution is 2.32. The van der Waals surface area contributed by atoms with Crippen LogP contribution in [0.3, 0.4) is 0 Å². The fourth-order valence-corrected chi connectivity index (χ4v) is 3.45. The molecule has 20 heavy (non-hydrogen) atoms. The molecular formula is C18H28BrN. The highest BCUT2D eigenvalue weighted by molar-refractivity contribution is 9.10. The molecule has 0 heterocycles. The third kappa shape index (κ3) is 5.21. The fourth-order valence-electron chi connectivity index (χ4n) is 3.18. The van der Waals surface area contributed by atoms with Crippen molar-refractivity contribution in [2.45, 2.75) is 58.4 Å². The van der Waals surface area contributed by atoms with Crippen LogP contribution >= 0.6 is 15.9 Å². The highest BCUT2D eigenvalue weighted by Gasteiger charge is 2.26. The van der Waals surface area contributed by atoms with E-state index in [1.54, 1.807) is 0 Å². The number of nitrogens with one attached hydrogen (secondary N) is 1. The summed E-state index contributed by atoms with van der Waals surface area (Å²) in [7, 11) is 0. The van der Waals surface area contributed by atoms with Gasteiger partial charge in [0.1, 0.15) is 0 Å². The molecule has 112 valence electrons. The van der Waals surface area contributed by atoms with Crippen molar-refractivity contribution in [2.75, 3.05) is 6.54 Å². The summed E-state index contributed by atoms with van der Waals surface area (Å²) >= 11 is 3.52. The van der Waals surface area contributed by atoms with Gasteiger partial charge in [0.05, 0.1) is 0 Å². The molecule has 0 bridgehead atoms. The highest BCUT2D eigenvalue weighted by atomic mass is 79.9. The lowest BCUT2D eigenvalue weighted by Gasteiger charge is -2.34. The Morgan fingerprint density at radius 1 is 1.05 bits per heavy atom. The standard InChI is InChI=1S/C18H28BrN/c1-18(2,3)20-13-16-7-5-4-6-15(16)12-14-8-10-17(19)11-9-14/h8-11,15-16,20H,4-7,12-13H2,1-3H3. The van der Waals surface area contributed by atoms with Crippen molar-refractivity contribution >= 4 is 15.9 Å². The van der Waals surface area contributed by atoms with Gasteiger partial charge in [-0.25, -0.2) is 0 Å². The number of hydrogen-bond acceptors (Lipinski definition) is 1. The van der Waals surface area contributed by atoms with Gasteiger partial charge < -0.3 is 5.32 Å². The molecule has 1 aliphatic rings. The molecule has 0 radical (unpaired) electrons. The molecule has 1 fully saturated rings. The molecule has 1 N–H and O–H groups in total. The number of hydrogen-bond donors (Lipinski definition) is 1. The van der Waals surface area contributed by atoms with Crippen molar-refractivity contribution in [1.29, 1.82) is 0 Å². The van der Waals surface area contributed by atoms with Crippen LogP contribution < -0.4 is 5.32 Å².